The summed E-state index contributed by atoms with van der Waals surface area (Å²) in [6.45, 7) is 0. The predicted molar refractivity (Wildman–Crippen MR) is 113 cm³/mol. The van der Waals surface area contributed by atoms with Crippen LogP contribution in [-0.4, -0.2) is 21.9 Å². The molecule has 4 N–H and O–H groups in total. The Balaban J connectivity index is 1.73. The number of carbonyl (C=O) groups excluding carboxylic acids is 2. The maximum atomic E-state index is 13.1. The Kier molecular flexibility index (Phi) is 4.86. The summed E-state index contributed by atoms with van der Waals surface area (Å²) in [7, 11) is 0. The first kappa shape index (κ1) is 18.1. The molecule has 0 aliphatic heterocycles. The summed E-state index contributed by atoms with van der Waals surface area (Å²) in [5.41, 5.74) is 8.94. The lowest BCUT2D eigenvalue weighted by atomic mass is 10.0. The molecule has 4 rings (SSSR count). The van der Waals surface area contributed by atoms with Crippen LogP contribution in [-0.2, 0) is 0 Å². The largest absolute Gasteiger partial charge is 0.351 e. The summed E-state index contributed by atoms with van der Waals surface area (Å²) in [4.78, 5) is 32.8. The Labute approximate surface area is 166 Å². The summed E-state index contributed by atoms with van der Waals surface area (Å²) in [5, 5.41) is 6.11. The lowest BCUT2D eigenvalue weighted by molar-refractivity contribution is 0.102. The predicted octanol–water partition coefficient (Wildman–Crippen LogP) is 4.04. The van der Waals surface area contributed by atoms with Crippen molar-refractivity contribution in [2.75, 3.05) is 10.6 Å². The maximum absolute atomic E-state index is 13.1. The molecule has 0 saturated heterocycles. The molecule has 0 aliphatic carbocycles. The van der Waals surface area contributed by atoms with Gasteiger partial charge >= 0.3 is 6.03 Å². The Bertz CT molecular complexity index is 1210. The number of hydrogen-bond donors (Lipinski definition) is 3. The molecule has 0 fully saturated rings. The number of urea groups is 1. The smallest absolute Gasteiger partial charge is 0.316 e. The van der Waals surface area contributed by atoms with Crippen LogP contribution in [0.5, 0.6) is 0 Å². The molecule has 0 radical (unpaired) electrons. The zero-order valence-corrected chi connectivity index (χ0v) is 15.3. The number of nitrogens with two attached hydrogens (primary N) is 1. The van der Waals surface area contributed by atoms with E-state index in [0.717, 1.165) is 16.5 Å². The fourth-order valence-corrected chi connectivity index (χ4v) is 3.05. The zero-order valence-electron chi connectivity index (χ0n) is 15.3. The lowest BCUT2D eigenvalue weighted by Crippen LogP contribution is -2.19. The van der Waals surface area contributed by atoms with Gasteiger partial charge in [-0.3, -0.25) is 9.78 Å². The number of aromatic nitrogens is 2. The molecule has 0 bridgehead atoms. The molecular formula is C22H17N5O2. The summed E-state index contributed by atoms with van der Waals surface area (Å²) in [5.74, 6) is -0.282. The van der Waals surface area contributed by atoms with Gasteiger partial charge in [0.1, 0.15) is 0 Å². The van der Waals surface area contributed by atoms with Crippen LogP contribution in [0.25, 0.3) is 22.2 Å². The van der Waals surface area contributed by atoms with Crippen LogP contribution in [0.15, 0.2) is 79.1 Å². The Hall–Kier alpha value is -4.26. The number of para-hydroxylation sites is 1. The number of nitrogens with zero attached hydrogens (tertiary/aromatic N) is 2. The minimum atomic E-state index is -0.671. The van der Waals surface area contributed by atoms with Gasteiger partial charge in [-0.15, -0.1) is 0 Å². The van der Waals surface area contributed by atoms with E-state index in [1.165, 1.54) is 0 Å². The second-order valence-corrected chi connectivity index (χ2v) is 6.33. The highest BCUT2D eigenvalue weighted by molar-refractivity contribution is 6.13. The van der Waals surface area contributed by atoms with Crippen LogP contribution in [0.2, 0.25) is 0 Å². The van der Waals surface area contributed by atoms with Gasteiger partial charge in [0.25, 0.3) is 5.91 Å². The van der Waals surface area contributed by atoms with Gasteiger partial charge in [-0.25, -0.2) is 9.78 Å². The molecule has 29 heavy (non-hydrogen) atoms. The number of rotatable bonds is 4. The second-order valence-electron chi connectivity index (χ2n) is 6.33. The number of primary amides is 1. The average molecular weight is 383 g/mol. The quantitative estimate of drug-likeness (QED) is 0.494. The van der Waals surface area contributed by atoms with Crippen LogP contribution >= 0.6 is 0 Å². The van der Waals surface area contributed by atoms with Crippen molar-refractivity contribution in [2.45, 2.75) is 0 Å². The van der Waals surface area contributed by atoms with E-state index < -0.39 is 6.03 Å². The molecule has 0 saturated carbocycles. The molecule has 2 aromatic carbocycles. The normalized spacial score (nSPS) is 10.5. The summed E-state index contributed by atoms with van der Waals surface area (Å²) in [6, 6.07) is 19.0. The molecule has 0 atom stereocenters. The average Bonchev–Trinajstić information content (AvgIpc) is 2.73. The third-order valence-corrected chi connectivity index (χ3v) is 4.32. The van der Waals surface area contributed by atoms with Gasteiger partial charge < -0.3 is 16.4 Å². The zero-order chi connectivity index (χ0) is 20.2. The molecule has 3 amide bonds. The van der Waals surface area contributed by atoms with Crippen LogP contribution in [0, 0.1) is 0 Å². The van der Waals surface area contributed by atoms with Gasteiger partial charge in [0, 0.05) is 34.7 Å². The van der Waals surface area contributed by atoms with E-state index in [1.807, 2.05) is 36.4 Å². The van der Waals surface area contributed by atoms with E-state index in [0.29, 0.717) is 22.6 Å². The summed E-state index contributed by atoms with van der Waals surface area (Å²) >= 11 is 0. The van der Waals surface area contributed by atoms with Gasteiger partial charge in [0.15, 0.2) is 0 Å². The Morgan fingerprint density at radius 2 is 1.55 bits per heavy atom. The van der Waals surface area contributed by atoms with E-state index in [-0.39, 0.29) is 5.91 Å². The van der Waals surface area contributed by atoms with E-state index >= 15 is 0 Å². The first-order chi connectivity index (χ1) is 14.1. The Morgan fingerprint density at radius 3 is 2.31 bits per heavy atom. The number of hydrogen-bond acceptors (Lipinski definition) is 4. The number of nitrogens with one attached hydrogen (secondary N) is 2. The highest BCUT2D eigenvalue weighted by atomic mass is 16.2. The minimum Gasteiger partial charge on any atom is -0.351 e. The number of carbonyl (C=O) groups is 2. The third-order valence-electron chi connectivity index (χ3n) is 4.32. The van der Waals surface area contributed by atoms with Crippen molar-refractivity contribution < 1.29 is 9.59 Å². The Morgan fingerprint density at radius 1 is 0.828 bits per heavy atom. The van der Waals surface area contributed by atoms with Crippen molar-refractivity contribution in [1.29, 1.82) is 0 Å². The highest BCUT2D eigenvalue weighted by Crippen LogP contribution is 2.25. The number of amides is 3. The molecule has 2 aromatic heterocycles. The molecule has 142 valence electrons. The second kappa shape index (κ2) is 7.77. The van der Waals surface area contributed by atoms with Crippen LogP contribution in [0.1, 0.15) is 10.4 Å². The molecule has 0 spiro atoms. The van der Waals surface area contributed by atoms with Crippen LogP contribution in [0.4, 0.5) is 16.2 Å². The standard InChI is InChI=1S/C22H17N5O2/c23-22(29)26-16-5-3-4-15(12-16)25-21(28)18-13-20(14-8-10-24-11-9-14)27-19-7-2-1-6-17(18)19/h1-13H,(H,25,28)(H3,23,26,29). The van der Waals surface area contributed by atoms with Crippen molar-refractivity contribution in [2.24, 2.45) is 5.73 Å². The molecule has 0 aliphatic rings. The van der Waals surface area contributed by atoms with Gasteiger partial charge in [0.2, 0.25) is 0 Å². The van der Waals surface area contributed by atoms with Gasteiger partial charge in [-0.2, -0.15) is 0 Å². The number of benzene rings is 2. The molecule has 7 heteroatoms. The van der Waals surface area contributed by atoms with Crippen molar-refractivity contribution in [3.8, 4) is 11.3 Å². The van der Waals surface area contributed by atoms with Crippen molar-refractivity contribution in [3.63, 3.8) is 0 Å². The molecule has 7 nitrogen and oxygen atoms in total. The van der Waals surface area contributed by atoms with Gasteiger partial charge in [-0.05, 0) is 42.5 Å². The monoisotopic (exact) mass is 383 g/mol. The van der Waals surface area contributed by atoms with Crippen molar-refractivity contribution >= 4 is 34.2 Å². The van der Waals surface area contributed by atoms with Gasteiger partial charge in [-0.1, -0.05) is 24.3 Å². The van der Waals surface area contributed by atoms with Crippen molar-refractivity contribution in [1.82, 2.24) is 9.97 Å². The number of pyridine rings is 2. The first-order valence-corrected chi connectivity index (χ1v) is 8.88. The maximum Gasteiger partial charge on any atom is 0.316 e. The SMILES string of the molecule is NC(=O)Nc1cccc(NC(=O)c2cc(-c3ccncc3)nc3ccccc23)c1. The molecule has 0 unspecified atom stereocenters. The molecule has 2 heterocycles. The third kappa shape index (κ3) is 4.03. The van der Waals surface area contributed by atoms with Crippen LogP contribution in [0.3, 0.4) is 0 Å². The van der Waals surface area contributed by atoms with Crippen LogP contribution < -0.4 is 16.4 Å². The molecule has 4 aromatic rings. The van der Waals surface area contributed by atoms with E-state index in [9.17, 15) is 9.59 Å². The van der Waals surface area contributed by atoms with Gasteiger partial charge in [0.05, 0.1) is 16.8 Å². The van der Waals surface area contributed by atoms with E-state index in [2.05, 4.69) is 20.6 Å². The fourth-order valence-electron chi connectivity index (χ4n) is 3.05. The number of anilines is 2. The highest BCUT2D eigenvalue weighted by Gasteiger charge is 2.14. The summed E-state index contributed by atoms with van der Waals surface area (Å²) < 4.78 is 0. The fraction of sp³-hybridized carbons (Fsp3) is 0. The molecular weight excluding hydrogens is 366 g/mol. The first-order valence-electron chi connectivity index (χ1n) is 8.88. The number of fused-ring (bicyclic) bond motifs is 1. The lowest BCUT2D eigenvalue weighted by Gasteiger charge is -2.11. The van der Waals surface area contributed by atoms with Crippen molar-refractivity contribution in [3.05, 3.63) is 84.7 Å². The van der Waals surface area contributed by atoms with E-state index in [1.54, 1.807) is 42.7 Å². The minimum absolute atomic E-state index is 0.282. The van der Waals surface area contributed by atoms with E-state index in [4.69, 9.17) is 5.73 Å². The topological polar surface area (TPSA) is 110 Å². The summed E-state index contributed by atoms with van der Waals surface area (Å²) in [6.07, 6.45) is 3.37.